The molecule has 10 aromatic heterocycles. The van der Waals surface area contributed by atoms with Gasteiger partial charge in [-0.3, -0.25) is 0 Å². The molecule has 43 heteroatoms. The summed E-state index contributed by atoms with van der Waals surface area (Å²) < 4.78 is 86.1. The summed E-state index contributed by atoms with van der Waals surface area (Å²) in [6.07, 6.45) is -5.63. The number of tetrazole rings is 1. The number of nitrogens with one attached hydrogen (secondary N) is 4. The second kappa shape index (κ2) is 42.3. The zero-order valence-corrected chi connectivity index (χ0v) is 76.5. The number of benzene rings is 8. The van der Waals surface area contributed by atoms with Gasteiger partial charge in [0.2, 0.25) is 0 Å². The average Bonchev–Trinajstić information content (AvgIpc) is 1.67. The fourth-order valence-electron chi connectivity index (χ4n) is 16.2. The molecule has 0 radical (unpaired) electrons. The van der Waals surface area contributed by atoms with Crippen LogP contribution in [0, 0.1) is 28.8 Å². The van der Waals surface area contributed by atoms with Crippen molar-refractivity contribution in [2.24, 2.45) is 0 Å². The van der Waals surface area contributed by atoms with E-state index in [0.29, 0.717) is 117 Å². The molecule has 0 unspecified atom stereocenters. The summed E-state index contributed by atoms with van der Waals surface area (Å²) in [4.78, 5) is 49.3. The van der Waals surface area contributed by atoms with Gasteiger partial charge in [-0.1, -0.05) is 192 Å². The number of aliphatic hydroxyl groups excluding tert-OH is 8. The van der Waals surface area contributed by atoms with Crippen molar-refractivity contribution < 1.29 is 91.9 Å². The van der Waals surface area contributed by atoms with Crippen molar-refractivity contribution in [1.29, 1.82) is 5.26 Å². The number of fused-ring (bicyclic) bond motifs is 4. The van der Waals surface area contributed by atoms with E-state index >= 15 is 0 Å². The van der Waals surface area contributed by atoms with Crippen molar-refractivity contribution in [3.8, 4) is 137 Å². The first-order valence-electron chi connectivity index (χ1n) is 43.9. The molecule has 14 heterocycles. The van der Waals surface area contributed by atoms with E-state index in [9.17, 15) is 54.0 Å². The fraction of sp³-hybridized carbons (Fsp3) is 0.224. The van der Waals surface area contributed by atoms with Crippen molar-refractivity contribution in [3.05, 3.63) is 262 Å². The third-order valence-corrected chi connectivity index (χ3v) is 24.8. The second-order valence-electron chi connectivity index (χ2n) is 32.7. The Balaban J connectivity index is 0.000000120. The summed E-state index contributed by atoms with van der Waals surface area (Å²) in [5, 5.41) is 108. The number of pyridine rings is 4. The van der Waals surface area contributed by atoms with E-state index in [2.05, 4.69) is 91.6 Å². The quantitative estimate of drug-likeness (QED) is 0.0267. The zero-order valence-electron chi connectivity index (χ0n) is 73.5. The van der Waals surface area contributed by atoms with Crippen LogP contribution in [-0.4, -0.2) is 262 Å². The highest BCUT2D eigenvalue weighted by molar-refractivity contribution is 6.35. The minimum Gasteiger partial charge on any atom is -0.456 e. The van der Waals surface area contributed by atoms with E-state index in [1.807, 2.05) is 121 Å². The van der Waals surface area contributed by atoms with E-state index < -0.39 is 84.9 Å². The van der Waals surface area contributed by atoms with E-state index in [1.165, 1.54) is 24.3 Å². The smallest absolute Gasteiger partial charge is 0.296 e. The Hall–Kier alpha value is -14.4. The molecule has 718 valence electrons. The molecular formula is C98H81Cl4F3N20O16. The van der Waals surface area contributed by atoms with Gasteiger partial charge in [0.1, 0.15) is 66.3 Å². The highest BCUT2D eigenvalue weighted by atomic mass is 35.5. The maximum atomic E-state index is 14.1. The number of hydrogen-bond acceptors (Lipinski definition) is 30. The molecular weight excluding hydrogens is 1910 g/mol. The summed E-state index contributed by atoms with van der Waals surface area (Å²) in [7, 11) is 0. The molecule has 8 aromatic carbocycles. The third kappa shape index (κ3) is 21.1. The molecule has 141 heavy (non-hydrogen) atoms. The van der Waals surface area contributed by atoms with Crippen molar-refractivity contribution in [3.63, 3.8) is 0 Å². The van der Waals surface area contributed by atoms with Gasteiger partial charge in [-0.05, 0) is 110 Å². The van der Waals surface area contributed by atoms with Crippen LogP contribution in [0.5, 0.6) is 24.0 Å². The normalized spacial score (nSPS) is 19.8. The molecule has 4 fully saturated rings. The molecule has 0 aliphatic carbocycles. The molecule has 12 atom stereocenters. The number of aromatic nitrogens is 19. The molecule has 4 aliphatic rings. The average molecular weight is 1990 g/mol. The Labute approximate surface area is 816 Å². The molecule has 4 aliphatic heterocycles. The van der Waals surface area contributed by atoms with Crippen LogP contribution >= 0.6 is 46.4 Å². The Morgan fingerprint density at radius 3 is 0.965 bits per heavy atom. The van der Waals surface area contributed by atoms with Gasteiger partial charge in [0.05, 0.1) is 155 Å². The molecule has 0 amide bonds. The van der Waals surface area contributed by atoms with E-state index in [-0.39, 0.29) is 88.3 Å². The summed E-state index contributed by atoms with van der Waals surface area (Å²) in [5.74, 6) is -0.947. The number of aryl methyl sites for hydroxylation is 1. The number of nitrogens with zero attached hydrogens (tertiary/aromatic N) is 16. The van der Waals surface area contributed by atoms with Crippen LogP contribution in [0.2, 0.25) is 20.1 Å². The minimum atomic E-state index is -0.986. The minimum absolute atomic E-state index is 0.115. The predicted molar refractivity (Wildman–Crippen MR) is 510 cm³/mol. The number of nitriles is 1. The van der Waals surface area contributed by atoms with Crippen LogP contribution in [-0.2, 0) is 25.5 Å². The monoisotopic (exact) mass is 1990 g/mol. The van der Waals surface area contributed by atoms with Crippen LogP contribution in [0.15, 0.2) is 225 Å². The second-order valence-corrected chi connectivity index (χ2v) is 34.4. The zero-order chi connectivity index (χ0) is 97.6. The molecule has 22 rings (SSSR count). The Kier molecular flexibility index (Phi) is 28.7. The van der Waals surface area contributed by atoms with E-state index in [4.69, 9.17) is 89.6 Å². The standard InChI is InChI=1S/C27H23ClN8O4.C25H21ClN6O4.C23H18ClF2N3O4.C23H19ClFN3O4/c28-19-12-20-25(32-27(30-20)40-22-14-39-21(13-37)24(22)38)31-23(19)17-6-2-15(3-7-17)16-4-8-18(9-5-16)26-33-34-35-36(26)11-1-10-29;26-18-11-19-24(31-25(29-19)36-21-13-35-20(12-33)23(21)34)30-22(18)16-3-1-14(2-4-16)15-5-7-17(8-6-15)32-27-9-10-28-32;24-15-8-17-22(29-23(27-17)33-19-10-32-18(9-30)21(19)31)28-20(15)12-3-1-11(2-4-12)14-6-5-13(25)7-16(14)26;24-16-9-17-22(28-23(26-17)32-19-11-31-18(10-29)21(19)30)27-20(16)14-3-1-12(2-4-14)13-5-7-15(25)8-6-13/h2-9,12,21-22,24,37-38H,1,11,13-14H2,(H,30,31,32);1-11,20-21,23,33-34H,12-13H2,(H,29,30,31);1-8,18-19,21,30-31H,9-10H2,(H,27,28,29);1-9,18-19,21,29-30H,10-11H2,(H,26,27,28)/t21-,22-,24-;20-,21-,23-;2*18-,19-,21-/m1111/s1. The molecule has 36 nitrogen and oxygen atoms in total. The largest absolute Gasteiger partial charge is 0.456 e. The van der Waals surface area contributed by atoms with Crippen molar-refractivity contribution in [1.82, 2.24) is 95.0 Å². The van der Waals surface area contributed by atoms with Crippen molar-refractivity contribution >= 4 is 91.1 Å². The van der Waals surface area contributed by atoms with Gasteiger partial charge in [0.25, 0.3) is 24.0 Å². The number of ether oxygens (including phenoxy) is 8. The Morgan fingerprint density at radius 1 is 0.369 bits per heavy atom. The number of aliphatic hydroxyl groups is 8. The van der Waals surface area contributed by atoms with Crippen molar-refractivity contribution in [2.45, 2.75) is 86.2 Å². The number of H-pyrrole nitrogens is 4. The lowest BCUT2D eigenvalue weighted by molar-refractivity contribution is -0.00393. The number of hydrogen-bond donors (Lipinski definition) is 12. The van der Waals surface area contributed by atoms with Crippen LogP contribution in [0.1, 0.15) is 6.42 Å². The molecule has 0 bridgehead atoms. The fourth-order valence-corrected chi connectivity index (χ4v) is 17.2. The van der Waals surface area contributed by atoms with Gasteiger partial charge >= 0.3 is 0 Å². The first-order chi connectivity index (χ1) is 68.6. The highest BCUT2D eigenvalue weighted by Gasteiger charge is 2.42. The predicted octanol–water partition coefficient (Wildman–Crippen LogP) is 13.3. The summed E-state index contributed by atoms with van der Waals surface area (Å²) in [6.45, 7) is -0.201. The SMILES string of the molecule is N#CCCn1nnnc1-c1ccc(-c2ccc(-c3nc4nc(O[C@@H]5CO[C@H](CO)[C@H]5O)[nH]c4cc3Cl)cc2)cc1.OC[C@H]1OC[C@@H](Oc2nc3nc(-c4ccc(-c5ccc(-n6nccn6)cc5)cc4)c(Cl)cc3[nH]2)[C@@H]1O.OC[C@H]1OC[C@@H](Oc2nc3nc(-c4ccc(-c5ccc(F)cc5)cc4)c(Cl)cc3[nH]2)[C@@H]1O.OC[C@H]1OC[C@@H](Oc2nc3nc(-c4ccc(-c5ccc(F)cc5F)cc4)c(Cl)cc3[nH]2)[C@@H]1O. The van der Waals surface area contributed by atoms with Crippen LogP contribution < -0.4 is 18.9 Å². The molecule has 12 N–H and O–H groups in total. The lowest BCUT2D eigenvalue weighted by Gasteiger charge is -2.15. The van der Waals surface area contributed by atoms with Crippen LogP contribution in [0.4, 0.5) is 13.2 Å². The lowest BCUT2D eigenvalue weighted by Crippen LogP contribution is -2.36. The first kappa shape index (κ1) is 95.5. The number of aromatic amines is 4. The topological polar surface area (TPSA) is 500 Å². The maximum Gasteiger partial charge on any atom is 0.296 e. The van der Waals surface area contributed by atoms with Crippen molar-refractivity contribution in [2.75, 3.05) is 52.9 Å². The number of halogens is 7. The maximum absolute atomic E-state index is 14.1. The van der Waals surface area contributed by atoms with Gasteiger partial charge < -0.3 is 98.7 Å². The summed E-state index contributed by atoms with van der Waals surface area (Å²) in [6, 6.07) is 65.5. The number of rotatable bonds is 24. The Bertz CT molecular complexity index is 7490. The van der Waals surface area contributed by atoms with Crippen LogP contribution in [0.25, 0.3) is 151 Å². The summed E-state index contributed by atoms with van der Waals surface area (Å²) in [5.41, 5.74) is 17.9. The van der Waals surface area contributed by atoms with Gasteiger partial charge in [-0.15, -0.1) is 5.10 Å². The van der Waals surface area contributed by atoms with Gasteiger partial charge in [-0.2, -0.15) is 40.2 Å². The van der Waals surface area contributed by atoms with Gasteiger partial charge in [-0.25, -0.2) is 37.8 Å². The molecule has 0 spiro atoms. The van der Waals surface area contributed by atoms with Gasteiger partial charge in [0.15, 0.2) is 52.8 Å². The first-order valence-corrected chi connectivity index (χ1v) is 45.5. The molecule has 4 saturated heterocycles. The van der Waals surface area contributed by atoms with Crippen LogP contribution in [0.3, 0.4) is 0 Å². The number of imidazole rings is 4. The summed E-state index contributed by atoms with van der Waals surface area (Å²) >= 11 is 26.0. The third-order valence-electron chi connectivity index (χ3n) is 23.7. The van der Waals surface area contributed by atoms with E-state index in [1.54, 1.807) is 82.5 Å². The highest BCUT2D eigenvalue weighted by Crippen LogP contribution is 2.40. The molecule has 18 aromatic rings. The Morgan fingerprint density at radius 2 is 0.660 bits per heavy atom. The van der Waals surface area contributed by atoms with E-state index in [0.717, 1.165) is 67.4 Å². The molecule has 0 saturated carbocycles. The lowest BCUT2D eigenvalue weighted by atomic mass is 10.0. The van der Waals surface area contributed by atoms with Gasteiger partial charge in [0, 0.05) is 39.4 Å².